The zero-order valence-electron chi connectivity index (χ0n) is 10.3. The first-order chi connectivity index (χ1) is 8.97. The topological polar surface area (TPSA) is 68.0 Å². The number of aryl methyl sites for hydroxylation is 2. The largest absolute Gasteiger partial charge is 0.361 e. The molecule has 0 atom stereocenters. The summed E-state index contributed by atoms with van der Waals surface area (Å²) >= 11 is 0. The maximum Gasteiger partial charge on any atom is 0.239 e. The average molecular weight is 267 g/mol. The molecule has 100 valence electrons. The Bertz CT molecular complexity index is 606. The van der Waals surface area contributed by atoms with E-state index in [4.69, 9.17) is 4.52 Å². The minimum atomic E-state index is -1.06. The van der Waals surface area contributed by atoms with E-state index in [0.717, 1.165) is 12.1 Å². The fourth-order valence-corrected chi connectivity index (χ4v) is 1.61. The summed E-state index contributed by atoms with van der Waals surface area (Å²) in [6.07, 6.45) is -0.00200. The highest BCUT2D eigenvalue weighted by Crippen LogP contribution is 2.15. The highest BCUT2D eigenvalue weighted by molar-refractivity contribution is 5.92. The van der Waals surface area contributed by atoms with Gasteiger partial charge in [-0.3, -0.25) is 4.79 Å². The smallest absolute Gasteiger partial charge is 0.239 e. The summed E-state index contributed by atoms with van der Waals surface area (Å²) in [5, 5.41) is 6.03. The Kier molecular flexibility index (Phi) is 3.55. The van der Waals surface area contributed by atoms with Crippen LogP contribution in [-0.4, -0.2) is 16.0 Å². The fourth-order valence-electron chi connectivity index (χ4n) is 1.61. The van der Waals surface area contributed by atoms with E-state index >= 15 is 0 Å². The van der Waals surface area contributed by atoms with Gasteiger partial charge in [-0.25, -0.2) is 0 Å². The lowest BCUT2D eigenvalue weighted by atomic mass is 10.1. The van der Waals surface area contributed by atoms with E-state index in [2.05, 4.69) is 15.5 Å². The number of hydrogen-bond acceptors (Lipinski definition) is 4. The minimum Gasteiger partial charge on any atom is -0.361 e. The van der Waals surface area contributed by atoms with Gasteiger partial charge in [0, 0.05) is 5.56 Å². The molecule has 7 heteroatoms. The highest BCUT2D eigenvalue weighted by atomic mass is 19.1. The maximum atomic E-state index is 13.3. The fraction of sp³-hybridized carbons (Fsp3) is 0.250. The van der Waals surface area contributed by atoms with Crippen molar-refractivity contribution in [2.45, 2.75) is 20.3 Å². The normalized spacial score (nSPS) is 10.5. The van der Waals surface area contributed by atoms with Crippen LogP contribution >= 0.6 is 0 Å². The standard InChI is InChI=1S/C12H11F2N3O2/c1-6-8(7(2)19-17-6)5-11(18)15-9-3-4-10(13)16-12(9)14/h3-4H,5H2,1-2H3,(H,15,18). The zero-order valence-corrected chi connectivity index (χ0v) is 10.3. The lowest BCUT2D eigenvalue weighted by Gasteiger charge is -2.05. The van der Waals surface area contributed by atoms with Gasteiger partial charge < -0.3 is 9.84 Å². The predicted molar refractivity (Wildman–Crippen MR) is 62.5 cm³/mol. The molecule has 1 amide bonds. The van der Waals surface area contributed by atoms with Crippen LogP contribution in [-0.2, 0) is 11.2 Å². The van der Waals surface area contributed by atoms with Crippen molar-refractivity contribution in [3.63, 3.8) is 0 Å². The summed E-state index contributed by atoms with van der Waals surface area (Å²) in [6, 6.07) is 2.08. The van der Waals surface area contributed by atoms with Crippen LogP contribution in [0.15, 0.2) is 16.7 Å². The van der Waals surface area contributed by atoms with Gasteiger partial charge in [0.1, 0.15) is 5.76 Å². The van der Waals surface area contributed by atoms with Gasteiger partial charge >= 0.3 is 0 Å². The summed E-state index contributed by atoms with van der Waals surface area (Å²) in [5.74, 6) is -1.93. The number of rotatable bonds is 3. The number of anilines is 1. The van der Waals surface area contributed by atoms with E-state index < -0.39 is 17.8 Å². The summed E-state index contributed by atoms with van der Waals surface area (Å²) in [6.45, 7) is 3.39. The first-order valence-electron chi connectivity index (χ1n) is 5.51. The van der Waals surface area contributed by atoms with Gasteiger partial charge in [0.15, 0.2) is 0 Å². The van der Waals surface area contributed by atoms with Crippen LogP contribution in [0.25, 0.3) is 0 Å². The van der Waals surface area contributed by atoms with Crippen LogP contribution in [0.1, 0.15) is 17.0 Å². The van der Waals surface area contributed by atoms with Gasteiger partial charge in [-0.15, -0.1) is 0 Å². The summed E-state index contributed by atoms with van der Waals surface area (Å²) in [4.78, 5) is 14.7. The number of carbonyl (C=O) groups excluding carboxylic acids is 1. The Morgan fingerprint density at radius 3 is 2.68 bits per heavy atom. The monoisotopic (exact) mass is 267 g/mol. The lowest BCUT2D eigenvalue weighted by molar-refractivity contribution is -0.115. The minimum absolute atomic E-state index is 0.00200. The third-order valence-corrected chi connectivity index (χ3v) is 2.61. The SMILES string of the molecule is Cc1noc(C)c1CC(=O)Nc1ccc(F)nc1F. The van der Waals surface area contributed by atoms with Crippen molar-refractivity contribution in [1.82, 2.24) is 10.1 Å². The molecule has 0 aliphatic rings. The molecule has 19 heavy (non-hydrogen) atoms. The van der Waals surface area contributed by atoms with E-state index in [1.807, 2.05) is 0 Å². The number of aromatic nitrogens is 2. The molecule has 2 aromatic heterocycles. The van der Waals surface area contributed by atoms with E-state index in [1.165, 1.54) is 0 Å². The first kappa shape index (κ1) is 13.1. The second-order valence-electron chi connectivity index (χ2n) is 4.00. The van der Waals surface area contributed by atoms with E-state index in [1.54, 1.807) is 13.8 Å². The zero-order chi connectivity index (χ0) is 14.0. The predicted octanol–water partition coefficient (Wildman–Crippen LogP) is 2.15. The van der Waals surface area contributed by atoms with Gasteiger partial charge in [-0.2, -0.15) is 13.8 Å². The molecule has 0 spiro atoms. The van der Waals surface area contributed by atoms with Crippen LogP contribution in [0.3, 0.4) is 0 Å². The molecule has 0 aliphatic carbocycles. The van der Waals surface area contributed by atoms with Crippen molar-refractivity contribution in [3.05, 3.63) is 41.0 Å². The molecule has 0 saturated carbocycles. The van der Waals surface area contributed by atoms with E-state index in [9.17, 15) is 13.6 Å². The second kappa shape index (κ2) is 5.13. The number of carbonyl (C=O) groups is 1. The quantitative estimate of drug-likeness (QED) is 0.865. The number of nitrogens with one attached hydrogen (secondary N) is 1. The molecule has 5 nitrogen and oxygen atoms in total. The van der Waals surface area contributed by atoms with Gasteiger partial charge in [0.05, 0.1) is 17.8 Å². The van der Waals surface area contributed by atoms with Crippen molar-refractivity contribution in [2.75, 3.05) is 5.32 Å². The van der Waals surface area contributed by atoms with Gasteiger partial charge in [-0.05, 0) is 26.0 Å². The molecule has 0 saturated heterocycles. The second-order valence-corrected chi connectivity index (χ2v) is 4.00. The van der Waals surface area contributed by atoms with Crippen LogP contribution in [0.2, 0.25) is 0 Å². The van der Waals surface area contributed by atoms with Gasteiger partial charge in [-0.1, -0.05) is 5.16 Å². The molecule has 0 aromatic carbocycles. The number of nitrogens with zero attached hydrogens (tertiary/aromatic N) is 2. The first-order valence-corrected chi connectivity index (χ1v) is 5.51. The molecule has 2 aromatic rings. The number of pyridine rings is 1. The van der Waals surface area contributed by atoms with Crippen LogP contribution < -0.4 is 5.32 Å². The van der Waals surface area contributed by atoms with Crippen LogP contribution in [0.4, 0.5) is 14.5 Å². The number of halogens is 2. The highest BCUT2D eigenvalue weighted by Gasteiger charge is 2.15. The molecule has 1 N–H and O–H groups in total. The molecule has 0 radical (unpaired) electrons. The molecule has 0 bridgehead atoms. The summed E-state index contributed by atoms with van der Waals surface area (Å²) in [5.41, 5.74) is 1.08. The van der Waals surface area contributed by atoms with Gasteiger partial charge in [0.2, 0.25) is 17.8 Å². The summed E-state index contributed by atoms with van der Waals surface area (Å²) in [7, 11) is 0. The van der Waals surface area contributed by atoms with Crippen LogP contribution in [0.5, 0.6) is 0 Å². The maximum absolute atomic E-state index is 13.3. The third-order valence-electron chi connectivity index (χ3n) is 2.61. The van der Waals surface area contributed by atoms with Crippen molar-refractivity contribution >= 4 is 11.6 Å². The Morgan fingerprint density at radius 1 is 1.37 bits per heavy atom. The molecule has 2 heterocycles. The molecular formula is C12H11F2N3O2. The Labute approximate surface area is 107 Å². The number of amides is 1. The van der Waals surface area contributed by atoms with E-state index in [0.29, 0.717) is 17.0 Å². The molecule has 0 aliphatic heterocycles. The molecule has 0 fully saturated rings. The molecular weight excluding hydrogens is 256 g/mol. The molecule has 0 unspecified atom stereocenters. The van der Waals surface area contributed by atoms with Crippen molar-refractivity contribution in [1.29, 1.82) is 0 Å². The Balaban J connectivity index is 2.10. The third kappa shape index (κ3) is 2.93. The Hall–Kier alpha value is -2.31. The van der Waals surface area contributed by atoms with E-state index in [-0.39, 0.29) is 12.1 Å². The average Bonchev–Trinajstić information content (AvgIpc) is 2.65. The number of hydrogen-bond donors (Lipinski definition) is 1. The van der Waals surface area contributed by atoms with Crippen molar-refractivity contribution in [2.24, 2.45) is 0 Å². The van der Waals surface area contributed by atoms with Crippen molar-refractivity contribution < 1.29 is 18.1 Å². The van der Waals surface area contributed by atoms with Crippen LogP contribution in [0, 0.1) is 25.7 Å². The van der Waals surface area contributed by atoms with Gasteiger partial charge in [0.25, 0.3) is 0 Å². The van der Waals surface area contributed by atoms with Crippen molar-refractivity contribution in [3.8, 4) is 0 Å². The Morgan fingerprint density at radius 2 is 2.11 bits per heavy atom. The lowest BCUT2D eigenvalue weighted by Crippen LogP contribution is -2.16. The molecule has 2 rings (SSSR count). The summed E-state index contributed by atoms with van der Waals surface area (Å²) < 4.78 is 30.8.